The van der Waals surface area contributed by atoms with Crippen molar-refractivity contribution in [3.05, 3.63) is 414 Å². The second-order valence-electron chi connectivity index (χ2n) is 32.2. The highest BCUT2D eigenvalue weighted by Crippen LogP contribution is 2.39. The van der Waals surface area contributed by atoms with Gasteiger partial charge in [-0.3, -0.25) is 0 Å². The maximum atomic E-state index is 2.86. The van der Waals surface area contributed by atoms with Gasteiger partial charge in [-0.15, -0.1) is 139 Å². The number of rotatable bonds is 25. The van der Waals surface area contributed by atoms with Crippen LogP contribution in [0.15, 0.2) is 297 Å². The monoisotopic (exact) mass is 1920 g/mol. The average molecular weight is 1930 g/mol. The third-order valence-corrected chi connectivity index (χ3v) is 30.4. The number of benzene rings is 15. The van der Waals surface area contributed by atoms with Crippen molar-refractivity contribution in [2.45, 2.75) is 134 Å². The van der Waals surface area contributed by atoms with E-state index in [0.717, 1.165) is 92.4 Å². The van der Waals surface area contributed by atoms with Gasteiger partial charge in [0.25, 0.3) is 0 Å². The Morgan fingerprint density at radius 3 is 0.714 bits per heavy atom. The van der Waals surface area contributed by atoms with Crippen molar-refractivity contribution in [3.63, 3.8) is 0 Å². The molecule has 15 rings (SSSR count). The summed E-state index contributed by atoms with van der Waals surface area (Å²) in [5.74, 6) is 0. The molecule has 0 N–H and O–H groups in total. The molecule has 15 aromatic carbocycles. The van der Waals surface area contributed by atoms with Crippen LogP contribution in [0.5, 0.6) is 0 Å². The lowest BCUT2D eigenvalue weighted by atomic mass is 9.93. The van der Waals surface area contributed by atoms with E-state index in [0.29, 0.717) is 0 Å². The van der Waals surface area contributed by atoms with E-state index in [2.05, 4.69) is 477 Å². The minimum atomic E-state index is 0.992. The number of hydrogen-bond acceptors (Lipinski definition) is 0. The molecule has 15 unspecified atom stereocenters. The van der Waals surface area contributed by atoms with Gasteiger partial charge in [0.05, 0.1) is 0 Å². The third-order valence-electron chi connectivity index (χ3n) is 23.7. The van der Waals surface area contributed by atoms with E-state index in [-0.39, 0.29) is 0 Å². The molecule has 0 saturated heterocycles. The van der Waals surface area contributed by atoms with Crippen LogP contribution < -0.4 is 0 Å². The Labute approximate surface area is 791 Å². The summed E-state index contributed by atoms with van der Waals surface area (Å²) in [6.07, 6.45) is 15.0. The predicted molar refractivity (Wildman–Crippen MR) is 616 cm³/mol. The van der Waals surface area contributed by atoms with Crippen LogP contribution in [-0.2, 0) is 92.4 Å². The predicted octanol–water partition coefficient (Wildman–Crippen LogP) is 32.6. The summed E-state index contributed by atoms with van der Waals surface area (Å²) in [5, 5.41) is 0. The van der Waals surface area contributed by atoms with E-state index in [1.54, 1.807) is 0 Å². The summed E-state index contributed by atoms with van der Waals surface area (Å²) >= 11 is 0. The summed E-state index contributed by atoms with van der Waals surface area (Å²) in [4.78, 5) is 0. The zero-order valence-corrected chi connectivity index (χ0v) is 91.4. The molecule has 0 saturated carbocycles. The van der Waals surface area contributed by atoms with Gasteiger partial charge in [-0.1, -0.05) is 267 Å². The van der Waals surface area contributed by atoms with Crippen LogP contribution >= 0.6 is 139 Å². The van der Waals surface area contributed by atoms with Gasteiger partial charge in [0.1, 0.15) is 0 Å². The fraction of sp³-hybridized carbons (Fsp3) is 0.189. The van der Waals surface area contributed by atoms with Gasteiger partial charge in [0.2, 0.25) is 0 Å². The Balaban J connectivity index is 0.000000153. The van der Waals surface area contributed by atoms with E-state index in [9.17, 15) is 0 Å². The Bertz CT molecular complexity index is 6170. The fourth-order valence-corrected chi connectivity index (χ4v) is 21.7. The maximum Gasteiger partial charge on any atom is -0.0125 e. The summed E-state index contributed by atoms with van der Waals surface area (Å²) in [5.41, 5.74) is 54.7. The molecule has 15 heteroatoms. The average Bonchev–Trinajstić information content (AvgIpc) is 0.819. The molecule has 0 fully saturated rings. The molecule has 15 aromatic rings. The van der Waals surface area contributed by atoms with Gasteiger partial charge in [0.15, 0.2) is 0 Å². The Morgan fingerprint density at radius 2 is 0.373 bits per heavy atom. The Kier molecular flexibility index (Phi) is 41.1. The number of aryl methyl sites for hydroxylation is 6. The lowest BCUT2D eigenvalue weighted by Crippen LogP contribution is -1.91. The normalized spacial score (nSPS) is 10.9. The summed E-state index contributed by atoms with van der Waals surface area (Å²) < 4.78 is 0. The van der Waals surface area contributed by atoms with Crippen molar-refractivity contribution >= 4 is 139 Å². The summed E-state index contributed by atoms with van der Waals surface area (Å²) in [6.45, 7) is 13.2. The van der Waals surface area contributed by atoms with Crippen LogP contribution in [0, 0.1) is 41.5 Å². The van der Waals surface area contributed by atoms with Crippen molar-refractivity contribution in [2.24, 2.45) is 0 Å². The molecule has 15 atom stereocenters. The van der Waals surface area contributed by atoms with E-state index in [4.69, 9.17) is 0 Å². The molecular formula is C111H127P15. The minimum Gasteiger partial charge on any atom is -0.133 e. The first-order valence-electron chi connectivity index (χ1n) is 43.3. The largest absolute Gasteiger partial charge is 0.133 e. The lowest BCUT2D eigenvalue weighted by molar-refractivity contribution is 1.28. The highest BCUT2D eigenvalue weighted by atomic mass is 31.0. The highest BCUT2D eigenvalue weighted by molar-refractivity contribution is 7.18. The van der Waals surface area contributed by atoms with Crippen molar-refractivity contribution in [3.8, 4) is 111 Å². The molecule has 0 bridgehead atoms. The zero-order chi connectivity index (χ0) is 89.9. The third kappa shape index (κ3) is 27.3. The van der Waals surface area contributed by atoms with Crippen LogP contribution in [0.25, 0.3) is 111 Å². The Hall–Kier alpha value is -5.25. The first kappa shape index (κ1) is 101. The molecular weight excluding hydrogens is 1800 g/mol. The van der Waals surface area contributed by atoms with Gasteiger partial charge in [-0.25, -0.2) is 0 Å². The van der Waals surface area contributed by atoms with E-state index in [1.165, 1.54) is 228 Å². The standard InChI is InChI=1S/C23H27P3.4C22H25P3/c1-15-7-21(17-3-5-19(12-24)16(2)9-17)11-22(8-15)18-4-6-20(13-25)23(10-18)14-26;1-15-2-5-18(17-6-3-16(12-23)4-7-17)11-22(15)19-8-9-20(13-24)21(10-19)14-25;1-15-8-20(17-4-2-16(12-23)3-5-17)11-21(9-15)18-6-7-19(13-24)22(10-18)14-25;1-15-9-16(12-23)5-8-22(15)19-4-2-3-17(10-19)18-6-7-20(13-24)21(11-18)14-25;1-15-9-18(5-7-20(15)12-23)16-3-2-4-17(10-16)19-6-8-21(13-24)22(11-19)14-25/h3-11H,12-14,24-26H2,1-2H3;4*2-11H,12-14,23-25H2,1H3. The van der Waals surface area contributed by atoms with Crippen LogP contribution in [0.3, 0.4) is 0 Å². The molecule has 126 heavy (non-hydrogen) atoms. The van der Waals surface area contributed by atoms with Crippen molar-refractivity contribution in [1.82, 2.24) is 0 Å². The summed E-state index contributed by atoms with van der Waals surface area (Å²) in [7, 11) is 42.4. The topological polar surface area (TPSA) is 0 Å². The van der Waals surface area contributed by atoms with Crippen LogP contribution in [-0.4, -0.2) is 0 Å². The van der Waals surface area contributed by atoms with E-state index in [1.807, 2.05) is 0 Å². The molecule has 0 heterocycles. The highest BCUT2D eigenvalue weighted by Gasteiger charge is 2.16. The van der Waals surface area contributed by atoms with E-state index < -0.39 is 0 Å². The van der Waals surface area contributed by atoms with Gasteiger partial charge in [-0.05, 0) is 392 Å². The molecule has 646 valence electrons. The number of hydrogen-bond donors (Lipinski definition) is 0. The molecule has 0 nitrogen and oxygen atoms in total. The first-order valence-corrected chi connectivity index (χ1v) is 55.6. The molecule has 0 spiro atoms. The van der Waals surface area contributed by atoms with Crippen LogP contribution in [0.4, 0.5) is 0 Å². The maximum absolute atomic E-state index is 2.86. The first-order chi connectivity index (χ1) is 61.2. The molecule has 0 aromatic heterocycles. The quantitative estimate of drug-likeness (QED) is 0.0500. The van der Waals surface area contributed by atoms with E-state index >= 15 is 0 Å². The molecule has 0 aliphatic heterocycles. The van der Waals surface area contributed by atoms with Gasteiger partial charge in [-0.2, -0.15) is 0 Å². The van der Waals surface area contributed by atoms with Crippen molar-refractivity contribution in [2.75, 3.05) is 0 Å². The van der Waals surface area contributed by atoms with Crippen molar-refractivity contribution in [1.29, 1.82) is 0 Å². The van der Waals surface area contributed by atoms with Crippen LogP contribution in [0.2, 0.25) is 0 Å². The second kappa shape index (κ2) is 51.1. The summed E-state index contributed by atoms with van der Waals surface area (Å²) in [6, 6.07) is 111. The SMILES string of the molecule is Cc1cc(-c2ccc(CP)c(C)c2)cc(-c2ccc(CP)c(CP)c2)c1.Cc1cc(-c2ccc(CP)cc2)cc(-c2ccc(CP)c(CP)c2)c1.Cc1cc(-c2cccc(-c3ccc(CP)c(CP)c3)c2)ccc1CP.Cc1cc(CP)ccc1-c1cccc(-c2ccc(CP)c(CP)c2)c1.Cc1ccc(-c2ccc(CP)cc2)cc1-c1ccc(CP)c(CP)c1. The smallest absolute Gasteiger partial charge is 0.0125 e. The molecule has 0 amide bonds. The Morgan fingerprint density at radius 1 is 0.135 bits per heavy atom. The fourth-order valence-electron chi connectivity index (χ4n) is 16.1. The lowest BCUT2D eigenvalue weighted by Gasteiger charge is -2.13. The van der Waals surface area contributed by atoms with Gasteiger partial charge >= 0.3 is 0 Å². The molecule has 0 aliphatic rings. The second-order valence-corrected chi connectivity index (χ2v) is 38.3. The van der Waals surface area contributed by atoms with Crippen LogP contribution in [0.1, 0.15) is 117 Å². The minimum absolute atomic E-state index is 0.992. The van der Waals surface area contributed by atoms with Gasteiger partial charge < -0.3 is 0 Å². The molecule has 0 radical (unpaired) electrons. The molecule has 0 aliphatic carbocycles. The van der Waals surface area contributed by atoms with Crippen molar-refractivity contribution < 1.29 is 0 Å². The zero-order valence-electron chi connectivity index (χ0n) is 74.1. The van der Waals surface area contributed by atoms with Gasteiger partial charge in [0, 0.05) is 0 Å².